The molecule has 2 aliphatic heterocycles. The van der Waals surface area contributed by atoms with Crippen LogP contribution in [0.25, 0.3) is 0 Å². The monoisotopic (exact) mass is 278 g/mol. The molecule has 0 radical (unpaired) electrons. The maximum Gasteiger partial charge on any atom is 0.232 e. The van der Waals surface area contributed by atoms with Crippen molar-refractivity contribution < 1.29 is 4.74 Å². The summed E-state index contributed by atoms with van der Waals surface area (Å²) in [5.74, 6) is 1.71. The highest BCUT2D eigenvalue weighted by molar-refractivity contribution is 5.45. The van der Waals surface area contributed by atoms with Crippen molar-refractivity contribution >= 4 is 17.8 Å². The minimum absolute atomic E-state index is 0.304. The highest BCUT2D eigenvalue weighted by atomic mass is 16.5. The van der Waals surface area contributed by atoms with Gasteiger partial charge in [-0.15, -0.1) is 0 Å². The number of anilines is 3. The van der Waals surface area contributed by atoms with E-state index in [1.807, 2.05) is 0 Å². The molecule has 7 nitrogen and oxygen atoms in total. The van der Waals surface area contributed by atoms with Gasteiger partial charge >= 0.3 is 0 Å². The third kappa shape index (κ3) is 2.63. The van der Waals surface area contributed by atoms with Crippen molar-refractivity contribution in [3.05, 3.63) is 0 Å². The van der Waals surface area contributed by atoms with Gasteiger partial charge in [-0.2, -0.15) is 15.0 Å². The van der Waals surface area contributed by atoms with Crippen LogP contribution in [0.2, 0.25) is 0 Å². The van der Waals surface area contributed by atoms with Gasteiger partial charge in [-0.25, -0.2) is 0 Å². The van der Waals surface area contributed by atoms with E-state index in [2.05, 4.69) is 31.7 Å². The number of nitrogens with zero attached hydrogens (tertiary/aromatic N) is 5. The van der Waals surface area contributed by atoms with Gasteiger partial charge < -0.3 is 20.3 Å². The molecule has 1 aromatic heterocycles. The first kappa shape index (κ1) is 13.4. The van der Waals surface area contributed by atoms with Gasteiger partial charge in [-0.3, -0.25) is 0 Å². The van der Waals surface area contributed by atoms with Crippen molar-refractivity contribution in [3.8, 4) is 0 Å². The molecule has 0 aliphatic carbocycles. The molecule has 0 amide bonds. The van der Waals surface area contributed by atoms with E-state index >= 15 is 0 Å². The molecule has 2 N–H and O–H groups in total. The molecule has 2 saturated heterocycles. The van der Waals surface area contributed by atoms with E-state index in [0.29, 0.717) is 30.5 Å². The first-order valence-corrected chi connectivity index (χ1v) is 7.39. The molecule has 7 heteroatoms. The molecule has 3 rings (SSSR count). The topological polar surface area (TPSA) is 80.4 Å². The van der Waals surface area contributed by atoms with Crippen LogP contribution < -0.4 is 15.5 Å². The molecule has 110 valence electrons. The molecule has 3 heterocycles. The normalized spacial score (nSPS) is 23.4. The predicted octanol–water partition coefficient (Wildman–Crippen LogP) is 0.669. The minimum Gasteiger partial charge on any atom is -0.377 e. The van der Waals surface area contributed by atoms with Crippen LogP contribution in [0.1, 0.15) is 26.2 Å². The average molecular weight is 278 g/mol. The van der Waals surface area contributed by atoms with E-state index in [-0.39, 0.29) is 0 Å². The van der Waals surface area contributed by atoms with Gasteiger partial charge in [0.15, 0.2) is 0 Å². The Kier molecular flexibility index (Phi) is 3.86. The summed E-state index contributed by atoms with van der Waals surface area (Å²) >= 11 is 0. The van der Waals surface area contributed by atoms with Crippen LogP contribution in [0.15, 0.2) is 0 Å². The summed E-state index contributed by atoms with van der Waals surface area (Å²) in [4.78, 5) is 17.6. The molecule has 0 bridgehead atoms. The SMILES string of the molecule is CCC1COCCN1c1nc(N)nc(N2CCCC2)n1. The highest BCUT2D eigenvalue weighted by Gasteiger charge is 2.26. The first-order chi connectivity index (χ1) is 9.78. The van der Waals surface area contributed by atoms with Crippen molar-refractivity contribution in [1.82, 2.24) is 15.0 Å². The van der Waals surface area contributed by atoms with Crippen LogP contribution in [0, 0.1) is 0 Å². The molecule has 2 aliphatic rings. The van der Waals surface area contributed by atoms with Crippen molar-refractivity contribution in [2.75, 3.05) is 48.4 Å². The molecular weight excluding hydrogens is 256 g/mol. The molecule has 2 fully saturated rings. The first-order valence-electron chi connectivity index (χ1n) is 7.39. The maximum absolute atomic E-state index is 5.87. The van der Waals surface area contributed by atoms with Gasteiger partial charge in [0.05, 0.1) is 19.3 Å². The molecule has 1 unspecified atom stereocenters. The zero-order chi connectivity index (χ0) is 13.9. The summed E-state index contributed by atoms with van der Waals surface area (Å²) in [7, 11) is 0. The second-order valence-electron chi connectivity index (χ2n) is 5.32. The third-order valence-electron chi connectivity index (χ3n) is 3.97. The predicted molar refractivity (Wildman–Crippen MR) is 77.9 cm³/mol. The number of aromatic nitrogens is 3. The number of hydrogen-bond donors (Lipinski definition) is 1. The van der Waals surface area contributed by atoms with E-state index in [1.54, 1.807) is 0 Å². The molecule has 20 heavy (non-hydrogen) atoms. The van der Waals surface area contributed by atoms with E-state index in [4.69, 9.17) is 10.5 Å². The van der Waals surface area contributed by atoms with Gasteiger partial charge in [0.25, 0.3) is 0 Å². The highest BCUT2D eigenvalue weighted by Crippen LogP contribution is 2.22. The number of ether oxygens (including phenoxy) is 1. The quantitative estimate of drug-likeness (QED) is 0.870. The van der Waals surface area contributed by atoms with Crippen molar-refractivity contribution in [2.24, 2.45) is 0 Å². The fourth-order valence-electron chi connectivity index (χ4n) is 2.81. The number of rotatable bonds is 3. The number of nitrogens with two attached hydrogens (primary N) is 1. The summed E-state index contributed by atoms with van der Waals surface area (Å²) < 4.78 is 5.53. The van der Waals surface area contributed by atoms with Crippen LogP contribution in [-0.4, -0.2) is 53.8 Å². The van der Waals surface area contributed by atoms with Crippen LogP contribution in [0.3, 0.4) is 0 Å². The zero-order valence-corrected chi connectivity index (χ0v) is 12.0. The Balaban J connectivity index is 1.87. The largest absolute Gasteiger partial charge is 0.377 e. The van der Waals surface area contributed by atoms with Crippen molar-refractivity contribution in [1.29, 1.82) is 0 Å². The van der Waals surface area contributed by atoms with Gasteiger partial charge in [0, 0.05) is 19.6 Å². The third-order valence-corrected chi connectivity index (χ3v) is 3.97. The zero-order valence-electron chi connectivity index (χ0n) is 12.0. The Morgan fingerprint density at radius 3 is 2.65 bits per heavy atom. The fourth-order valence-corrected chi connectivity index (χ4v) is 2.81. The standard InChI is InChI=1S/C13H22N6O/c1-2-10-9-20-8-7-19(10)13-16-11(14)15-12(17-13)18-5-3-4-6-18/h10H,2-9H2,1H3,(H2,14,15,16,17). The van der Waals surface area contributed by atoms with Crippen LogP contribution in [-0.2, 0) is 4.74 Å². The van der Waals surface area contributed by atoms with Crippen LogP contribution in [0.5, 0.6) is 0 Å². The van der Waals surface area contributed by atoms with E-state index in [0.717, 1.165) is 32.7 Å². The lowest BCUT2D eigenvalue weighted by molar-refractivity contribution is 0.0921. The van der Waals surface area contributed by atoms with Crippen LogP contribution in [0.4, 0.5) is 17.8 Å². The smallest absolute Gasteiger partial charge is 0.232 e. The molecule has 1 aromatic rings. The van der Waals surface area contributed by atoms with E-state index < -0.39 is 0 Å². The van der Waals surface area contributed by atoms with Crippen LogP contribution >= 0.6 is 0 Å². The Morgan fingerprint density at radius 2 is 1.90 bits per heavy atom. The summed E-state index contributed by atoms with van der Waals surface area (Å²) in [6.45, 7) is 6.40. The Labute approximate surface area is 119 Å². The number of nitrogen functional groups attached to an aromatic ring is 1. The average Bonchev–Trinajstić information content (AvgIpc) is 3.01. The van der Waals surface area contributed by atoms with Gasteiger partial charge in [0.2, 0.25) is 17.8 Å². The molecule has 1 atom stereocenters. The lowest BCUT2D eigenvalue weighted by atomic mass is 10.2. The molecular formula is C13H22N6O. The summed E-state index contributed by atoms with van der Waals surface area (Å²) in [6.07, 6.45) is 3.39. The fraction of sp³-hybridized carbons (Fsp3) is 0.769. The van der Waals surface area contributed by atoms with E-state index in [1.165, 1.54) is 12.8 Å². The van der Waals surface area contributed by atoms with Crippen molar-refractivity contribution in [2.45, 2.75) is 32.2 Å². The van der Waals surface area contributed by atoms with Gasteiger partial charge in [-0.05, 0) is 19.3 Å². The molecule has 0 spiro atoms. The van der Waals surface area contributed by atoms with E-state index in [9.17, 15) is 0 Å². The minimum atomic E-state index is 0.304. The number of hydrogen-bond acceptors (Lipinski definition) is 7. The van der Waals surface area contributed by atoms with Gasteiger partial charge in [-0.1, -0.05) is 6.92 Å². The Hall–Kier alpha value is -1.63. The summed E-state index contributed by atoms with van der Waals surface area (Å²) in [5, 5.41) is 0. The number of morpholine rings is 1. The lowest BCUT2D eigenvalue weighted by Gasteiger charge is -2.35. The second kappa shape index (κ2) is 5.78. The van der Waals surface area contributed by atoms with Crippen molar-refractivity contribution in [3.63, 3.8) is 0 Å². The maximum atomic E-state index is 5.87. The molecule has 0 saturated carbocycles. The molecule has 0 aromatic carbocycles. The van der Waals surface area contributed by atoms with Gasteiger partial charge in [0.1, 0.15) is 0 Å². The summed E-state index contributed by atoms with van der Waals surface area (Å²) in [5.41, 5.74) is 5.87. The summed E-state index contributed by atoms with van der Waals surface area (Å²) in [6, 6.07) is 0.317. The Morgan fingerprint density at radius 1 is 1.15 bits per heavy atom. The Bertz CT molecular complexity index is 462. The second-order valence-corrected chi connectivity index (χ2v) is 5.32. The lowest BCUT2D eigenvalue weighted by Crippen LogP contribution is -2.46.